The summed E-state index contributed by atoms with van der Waals surface area (Å²) >= 11 is 0. The van der Waals surface area contributed by atoms with Crippen molar-refractivity contribution < 1.29 is 14.4 Å². The van der Waals surface area contributed by atoms with Crippen LogP contribution in [0.25, 0.3) is 0 Å². The van der Waals surface area contributed by atoms with Crippen molar-refractivity contribution >= 4 is 23.4 Å². The van der Waals surface area contributed by atoms with E-state index in [1.54, 1.807) is 11.0 Å². The van der Waals surface area contributed by atoms with E-state index < -0.39 is 0 Å². The van der Waals surface area contributed by atoms with Crippen molar-refractivity contribution in [1.29, 1.82) is 0 Å². The van der Waals surface area contributed by atoms with Gasteiger partial charge in [0.15, 0.2) is 0 Å². The van der Waals surface area contributed by atoms with Gasteiger partial charge in [0.25, 0.3) is 5.91 Å². The number of anilines is 1. The quantitative estimate of drug-likeness (QED) is 0.815. The minimum Gasteiger partial charge on any atom is -0.352 e. The number of aromatic nitrogens is 1. The van der Waals surface area contributed by atoms with Crippen molar-refractivity contribution in [2.75, 3.05) is 18.4 Å². The summed E-state index contributed by atoms with van der Waals surface area (Å²) in [6, 6.07) is 9.68. The highest BCUT2D eigenvalue weighted by molar-refractivity contribution is 6.03. The molecule has 0 saturated carbocycles. The Bertz CT molecular complexity index is 887. The Morgan fingerprint density at radius 2 is 1.79 bits per heavy atom. The van der Waals surface area contributed by atoms with Gasteiger partial charge < -0.3 is 15.5 Å². The molecule has 1 saturated heterocycles. The third-order valence-corrected chi connectivity index (χ3v) is 5.10. The predicted octanol–water partition coefficient (Wildman–Crippen LogP) is 2.52. The summed E-state index contributed by atoms with van der Waals surface area (Å²) in [5.74, 6) is -0.483. The summed E-state index contributed by atoms with van der Waals surface area (Å²) < 4.78 is 0. The summed E-state index contributed by atoms with van der Waals surface area (Å²) in [6.45, 7) is 4.94. The maximum atomic E-state index is 12.9. The number of nitrogens with zero attached hydrogens (tertiary/aromatic N) is 2. The van der Waals surface area contributed by atoms with E-state index in [0.29, 0.717) is 43.7 Å². The summed E-state index contributed by atoms with van der Waals surface area (Å²) in [7, 11) is 0. The first kappa shape index (κ1) is 20.5. The average Bonchev–Trinajstić information content (AvgIpc) is 2.73. The van der Waals surface area contributed by atoms with Crippen molar-refractivity contribution in [3.63, 3.8) is 0 Å². The minimum atomic E-state index is -0.254. The monoisotopic (exact) mass is 394 g/mol. The number of carbonyl (C=O) groups excluding carboxylic acids is 3. The van der Waals surface area contributed by atoms with Gasteiger partial charge in [0, 0.05) is 38.7 Å². The highest BCUT2D eigenvalue weighted by Gasteiger charge is 2.28. The molecule has 0 unspecified atom stereocenters. The van der Waals surface area contributed by atoms with Crippen LogP contribution in [0.2, 0.25) is 0 Å². The molecule has 0 bridgehead atoms. The number of aryl methyl sites for hydroxylation is 1. The first-order valence-electron chi connectivity index (χ1n) is 9.78. The number of piperidine rings is 1. The lowest BCUT2D eigenvalue weighted by Crippen LogP contribution is -2.43. The number of rotatable bonds is 5. The first-order chi connectivity index (χ1) is 13.9. The Kier molecular flexibility index (Phi) is 6.59. The fourth-order valence-electron chi connectivity index (χ4n) is 3.42. The number of carbonyl (C=O) groups is 3. The second kappa shape index (κ2) is 9.32. The molecule has 3 amide bonds. The Labute approximate surface area is 170 Å². The van der Waals surface area contributed by atoms with Crippen molar-refractivity contribution in [2.24, 2.45) is 5.92 Å². The lowest BCUT2D eigenvalue weighted by Gasteiger charge is -2.31. The van der Waals surface area contributed by atoms with Gasteiger partial charge in [-0.2, -0.15) is 0 Å². The zero-order valence-electron chi connectivity index (χ0n) is 16.8. The van der Waals surface area contributed by atoms with Crippen LogP contribution in [0.15, 0.2) is 42.7 Å². The van der Waals surface area contributed by atoms with E-state index in [0.717, 1.165) is 5.56 Å². The standard InChI is InChI=1S/C22H26N4O3/c1-15-3-5-17(6-4-15)13-24-21(28)18-8-11-26(12-9-18)22(29)19-7-10-23-14-20(19)25-16(2)27/h3-7,10,14,18H,8-9,11-13H2,1-2H3,(H,24,28)(H,25,27). The fourth-order valence-corrected chi connectivity index (χ4v) is 3.42. The molecule has 7 nitrogen and oxygen atoms in total. The molecule has 0 aliphatic carbocycles. The lowest BCUT2D eigenvalue weighted by atomic mass is 9.95. The Morgan fingerprint density at radius 3 is 2.45 bits per heavy atom. The van der Waals surface area contributed by atoms with Crippen LogP contribution in [0, 0.1) is 12.8 Å². The van der Waals surface area contributed by atoms with E-state index in [4.69, 9.17) is 0 Å². The topological polar surface area (TPSA) is 91.4 Å². The van der Waals surface area contributed by atoms with Gasteiger partial charge in [-0.25, -0.2) is 0 Å². The van der Waals surface area contributed by atoms with Gasteiger partial charge >= 0.3 is 0 Å². The maximum absolute atomic E-state index is 12.9. The Hall–Kier alpha value is -3.22. The SMILES string of the molecule is CC(=O)Nc1cnccc1C(=O)N1CCC(C(=O)NCc2ccc(C)cc2)CC1. The third-order valence-electron chi connectivity index (χ3n) is 5.10. The molecule has 3 rings (SSSR count). The van der Waals surface area contributed by atoms with E-state index in [1.165, 1.54) is 24.9 Å². The molecular weight excluding hydrogens is 368 g/mol. The summed E-state index contributed by atoms with van der Waals surface area (Å²) in [5.41, 5.74) is 3.08. The van der Waals surface area contributed by atoms with Crippen molar-refractivity contribution in [3.8, 4) is 0 Å². The van der Waals surface area contributed by atoms with Crippen molar-refractivity contribution in [3.05, 3.63) is 59.4 Å². The van der Waals surface area contributed by atoms with Crippen LogP contribution in [0.1, 0.15) is 41.3 Å². The normalized spacial score (nSPS) is 14.3. The molecule has 1 aliphatic rings. The number of nitrogens with one attached hydrogen (secondary N) is 2. The fraction of sp³-hybridized carbons (Fsp3) is 0.364. The first-order valence-corrected chi connectivity index (χ1v) is 9.78. The number of pyridine rings is 1. The molecule has 2 aromatic rings. The highest BCUT2D eigenvalue weighted by atomic mass is 16.2. The molecule has 1 aromatic heterocycles. The molecular formula is C22H26N4O3. The number of amides is 3. The number of likely N-dealkylation sites (tertiary alicyclic amines) is 1. The smallest absolute Gasteiger partial charge is 0.256 e. The van der Waals surface area contributed by atoms with Gasteiger partial charge in [-0.05, 0) is 31.4 Å². The van der Waals surface area contributed by atoms with E-state index in [9.17, 15) is 14.4 Å². The van der Waals surface area contributed by atoms with Crippen LogP contribution in [0.3, 0.4) is 0 Å². The van der Waals surface area contributed by atoms with Crippen LogP contribution in [0.4, 0.5) is 5.69 Å². The molecule has 2 N–H and O–H groups in total. The molecule has 0 spiro atoms. The van der Waals surface area contributed by atoms with Gasteiger partial charge in [-0.15, -0.1) is 0 Å². The van der Waals surface area contributed by atoms with Crippen molar-refractivity contribution in [2.45, 2.75) is 33.2 Å². The van der Waals surface area contributed by atoms with Crippen LogP contribution in [-0.2, 0) is 16.1 Å². The molecule has 0 radical (unpaired) electrons. The van der Waals surface area contributed by atoms with Crippen molar-refractivity contribution in [1.82, 2.24) is 15.2 Å². The molecule has 29 heavy (non-hydrogen) atoms. The van der Waals surface area contributed by atoms with Gasteiger partial charge in [0.05, 0.1) is 17.4 Å². The van der Waals surface area contributed by atoms with Crippen LogP contribution in [0.5, 0.6) is 0 Å². The van der Waals surface area contributed by atoms with Gasteiger partial charge in [-0.3, -0.25) is 19.4 Å². The number of hydrogen-bond donors (Lipinski definition) is 2. The predicted molar refractivity (Wildman–Crippen MR) is 110 cm³/mol. The molecule has 7 heteroatoms. The molecule has 1 aromatic carbocycles. The van der Waals surface area contributed by atoms with Crippen LogP contribution >= 0.6 is 0 Å². The molecule has 152 valence electrons. The second-order valence-corrected chi connectivity index (χ2v) is 7.37. The highest BCUT2D eigenvalue weighted by Crippen LogP contribution is 2.22. The van der Waals surface area contributed by atoms with E-state index in [-0.39, 0.29) is 23.6 Å². The van der Waals surface area contributed by atoms with E-state index >= 15 is 0 Å². The summed E-state index contributed by atoms with van der Waals surface area (Å²) in [5, 5.41) is 5.64. The third kappa shape index (κ3) is 5.40. The number of hydrogen-bond acceptors (Lipinski definition) is 4. The van der Waals surface area contributed by atoms with Gasteiger partial charge in [-0.1, -0.05) is 29.8 Å². The molecule has 0 atom stereocenters. The van der Waals surface area contributed by atoms with E-state index in [2.05, 4.69) is 15.6 Å². The van der Waals surface area contributed by atoms with Gasteiger partial charge in [0.1, 0.15) is 0 Å². The zero-order valence-corrected chi connectivity index (χ0v) is 16.8. The Morgan fingerprint density at radius 1 is 1.10 bits per heavy atom. The van der Waals surface area contributed by atoms with Crippen LogP contribution < -0.4 is 10.6 Å². The summed E-state index contributed by atoms with van der Waals surface area (Å²) in [4.78, 5) is 42.4. The maximum Gasteiger partial charge on any atom is 0.256 e. The minimum absolute atomic E-state index is 0.0283. The Balaban J connectivity index is 1.53. The largest absolute Gasteiger partial charge is 0.352 e. The molecule has 1 fully saturated rings. The zero-order chi connectivity index (χ0) is 20.8. The van der Waals surface area contributed by atoms with Crippen LogP contribution in [-0.4, -0.2) is 40.7 Å². The lowest BCUT2D eigenvalue weighted by molar-refractivity contribution is -0.126. The number of benzene rings is 1. The van der Waals surface area contributed by atoms with E-state index in [1.807, 2.05) is 31.2 Å². The average molecular weight is 394 g/mol. The second-order valence-electron chi connectivity index (χ2n) is 7.37. The summed E-state index contributed by atoms with van der Waals surface area (Å²) in [6.07, 6.45) is 4.24. The molecule has 2 heterocycles. The van der Waals surface area contributed by atoms with Gasteiger partial charge in [0.2, 0.25) is 11.8 Å². The molecule has 1 aliphatic heterocycles.